The lowest BCUT2D eigenvalue weighted by atomic mass is 9.94. The van der Waals surface area contributed by atoms with Crippen LogP contribution in [-0.4, -0.2) is 28.0 Å². The summed E-state index contributed by atoms with van der Waals surface area (Å²) >= 11 is 0. The van der Waals surface area contributed by atoms with Crippen molar-refractivity contribution in [2.45, 2.75) is 32.6 Å². The van der Waals surface area contributed by atoms with Crippen LogP contribution in [0.3, 0.4) is 0 Å². The maximum Gasteiger partial charge on any atom is 0.287 e. The second-order valence-corrected chi connectivity index (χ2v) is 6.77. The van der Waals surface area contributed by atoms with Gasteiger partial charge in [-0.3, -0.25) is 9.59 Å². The Kier molecular flexibility index (Phi) is 4.62. The standard InChI is InChI=1S/C21H21N3O3/c1-14-19-17(25)8-5-9-18(19)27-20(14)21(26)22-11-10-15-12-23-24(13-15)16-6-3-2-4-7-16/h2-4,6-7,12-13H,5,8-11H2,1H3,(H,22,26). The van der Waals surface area contributed by atoms with Gasteiger partial charge in [-0.05, 0) is 37.5 Å². The van der Waals surface area contributed by atoms with Crippen LogP contribution in [0.5, 0.6) is 0 Å². The fourth-order valence-electron chi connectivity index (χ4n) is 3.48. The van der Waals surface area contributed by atoms with Gasteiger partial charge in [-0.1, -0.05) is 18.2 Å². The van der Waals surface area contributed by atoms with Crippen LogP contribution < -0.4 is 5.32 Å². The number of furan rings is 1. The minimum atomic E-state index is -0.273. The maximum atomic E-state index is 12.5. The summed E-state index contributed by atoms with van der Waals surface area (Å²) in [5, 5.41) is 7.24. The van der Waals surface area contributed by atoms with Gasteiger partial charge < -0.3 is 9.73 Å². The number of nitrogens with one attached hydrogen (secondary N) is 1. The van der Waals surface area contributed by atoms with Crippen LogP contribution in [0.25, 0.3) is 5.69 Å². The summed E-state index contributed by atoms with van der Waals surface area (Å²) in [5.41, 5.74) is 3.29. The molecule has 3 aromatic rings. The summed E-state index contributed by atoms with van der Waals surface area (Å²) < 4.78 is 7.50. The average molecular weight is 363 g/mol. The van der Waals surface area contributed by atoms with Crippen LogP contribution in [0.2, 0.25) is 0 Å². The van der Waals surface area contributed by atoms with Crippen LogP contribution in [0, 0.1) is 6.92 Å². The zero-order valence-corrected chi connectivity index (χ0v) is 15.2. The summed E-state index contributed by atoms with van der Waals surface area (Å²) in [4.78, 5) is 24.5. The first kappa shape index (κ1) is 17.3. The van der Waals surface area contributed by atoms with Gasteiger partial charge in [0.05, 0.1) is 17.4 Å². The first-order chi connectivity index (χ1) is 13.1. The SMILES string of the molecule is Cc1c(C(=O)NCCc2cnn(-c3ccccc3)c2)oc2c1C(=O)CCC2. The van der Waals surface area contributed by atoms with Crippen molar-refractivity contribution >= 4 is 11.7 Å². The van der Waals surface area contributed by atoms with E-state index in [0.717, 1.165) is 17.7 Å². The van der Waals surface area contributed by atoms with Gasteiger partial charge in [-0.25, -0.2) is 4.68 Å². The van der Waals surface area contributed by atoms with Crippen molar-refractivity contribution in [1.82, 2.24) is 15.1 Å². The molecule has 27 heavy (non-hydrogen) atoms. The number of carbonyl (C=O) groups is 2. The molecule has 0 saturated carbocycles. The van der Waals surface area contributed by atoms with Gasteiger partial charge in [-0.15, -0.1) is 0 Å². The van der Waals surface area contributed by atoms with E-state index in [2.05, 4.69) is 10.4 Å². The second-order valence-electron chi connectivity index (χ2n) is 6.77. The number of hydrogen-bond donors (Lipinski definition) is 1. The van der Waals surface area contributed by atoms with Crippen molar-refractivity contribution in [3.63, 3.8) is 0 Å². The third kappa shape index (κ3) is 3.43. The Morgan fingerprint density at radius 2 is 2.07 bits per heavy atom. The maximum absolute atomic E-state index is 12.5. The van der Waals surface area contributed by atoms with Gasteiger partial charge in [0.1, 0.15) is 5.76 Å². The van der Waals surface area contributed by atoms with Crippen LogP contribution >= 0.6 is 0 Å². The summed E-state index contributed by atoms with van der Waals surface area (Å²) in [7, 11) is 0. The number of aromatic nitrogens is 2. The van der Waals surface area contributed by atoms with Crippen LogP contribution in [-0.2, 0) is 12.8 Å². The van der Waals surface area contributed by atoms with Crippen LogP contribution in [0.4, 0.5) is 0 Å². The smallest absolute Gasteiger partial charge is 0.287 e. The molecular formula is C21H21N3O3. The van der Waals surface area contributed by atoms with Crippen molar-refractivity contribution in [2.24, 2.45) is 0 Å². The molecule has 0 atom stereocenters. The highest BCUT2D eigenvalue weighted by Gasteiger charge is 2.28. The number of fused-ring (bicyclic) bond motifs is 1. The molecule has 1 aliphatic rings. The lowest BCUT2D eigenvalue weighted by Crippen LogP contribution is -2.25. The molecule has 138 valence electrons. The first-order valence-electron chi connectivity index (χ1n) is 9.16. The van der Waals surface area contributed by atoms with E-state index in [-0.39, 0.29) is 17.5 Å². The van der Waals surface area contributed by atoms with Crippen molar-refractivity contribution in [3.8, 4) is 5.69 Å². The second kappa shape index (κ2) is 7.23. The van der Waals surface area contributed by atoms with Gasteiger partial charge in [0.25, 0.3) is 5.91 Å². The summed E-state index contributed by atoms with van der Waals surface area (Å²) in [6.45, 7) is 2.25. The number of rotatable bonds is 5. The van der Waals surface area contributed by atoms with E-state index in [1.165, 1.54) is 0 Å². The molecule has 6 nitrogen and oxygen atoms in total. The van der Waals surface area contributed by atoms with Crippen molar-refractivity contribution in [3.05, 3.63) is 70.9 Å². The fourth-order valence-corrected chi connectivity index (χ4v) is 3.48. The highest BCUT2D eigenvalue weighted by molar-refractivity contribution is 6.03. The third-order valence-electron chi connectivity index (χ3n) is 4.87. The van der Waals surface area contributed by atoms with Gasteiger partial charge in [0, 0.05) is 31.1 Å². The van der Waals surface area contributed by atoms with Crippen molar-refractivity contribution in [1.29, 1.82) is 0 Å². The van der Waals surface area contributed by atoms with E-state index in [0.29, 0.717) is 42.7 Å². The van der Waals surface area contributed by atoms with Crippen molar-refractivity contribution < 1.29 is 14.0 Å². The highest BCUT2D eigenvalue weighted by Crippen LogP contribution is 2.29. The highest BCUT2D eigenvalue weighted by atomic mass is 16.4. The molecule has 6 heteroatoms. The lowest BCUT2D eigenvalue weighted by Gasteiger charge is -2.07. The molecule has 0 saturated heterocycles. The summed E-state index contributed by atoms with van der Waals surface area (Å²) in [6.07, 6.45) is 6.45. The predicted molar refractivity (Wildman–Crippen MR) is 100 cm³/mol. The molecule has 1 amide bonds. The van der Waals surface area contributed by atoms with Gasteiger partial charge in [0.15, 0.2) is 11.5 Å². The molecule has 2 aromatic heterocycles. The number of benzene rings is 1. The Labute approximate surface area is 157 Å². The monoisotopic (exact) mass is 363 g/mol. The number of nitrogens with zero attached hydrogens (tertiary/aromatic N) is 2. The Morgan fingerprint density at radius 3 is 2.85 bits per heavy atom. The third-order valence-corrected chi connectivity index (χ3v) is 4.87. The number of amides is 1. The molecule has 0 fully saturated rings. The normalized spacial score (nSPS) is 13.4. The summed E-state index contributed by atoms with van der Waals surface area (Å²) in [5.74, 6) is 0.711. The Balaban J connectivity index is 1.38. The van der Waals surface area contributed by atoms with Gasteiger partial charge in [-0.2, -0.15) is 5.10 Å². The van der Waals surface area contributed by atoms with E-state index >= 15 is 0 Å². The van der Waals surface area contributed by atoms with E-state index in [9.17, 15) is 9.59 Å². The van der Waals surface area contributed by atoms with E-state index in [1.807, 2.05) is 41.2 Å². The number of hydrogen-bond acceptors (Lipinski definition) is 4. The molecule has 2 heterocycles. The number of aryl methyl sites for hydroxylation is 1. The fraction of sp³-hybridized carbons (Fsp3) is 0.286. The number of para-hydroxylation sites is 1. The lowest BCUT2D eigenvalue weighted by molar-refractivity contribution is 0.0920. The molecule has 1 aromatic carbocycles. The molecule has 1 aliphatic carbocycles. The molecule has 4 rings (SSSR count). The number of Topliss-reactive ketones (excluding diaryl/α,β-unsaturated/α-hetero) is 1. The minimum absolute atomic E-state index is 0.0740. The molecule has 1 N–H and O–H groups in total. The number of carbonyl (C=O) groups excluding carboxylic acids is 2. The topological polar surface area (TPSA) is 77.1 Å². The van der Waals surface area contributed by atoms with Crippen LogP contribution in [0.1, 0.15) is 50.6 Å². The number of ketones is 1. The minimum Gasteiger partial charge on any atom is -0.455 e. The molecule has 0 spiro atoms. The molecular weight excluding hydrogens is 342 g/mol. The summed E-state index contributed by atoms with van der Waals surface area (Å²) in [6, 6.07) is 9.87. The van der Waals surface area contributed by atoms with Gasteiger partial charge >= 0.3 is 0 Å². The van der Waals surface area contributed by atoms with E-state index in [1.54, 1.807) is 13.1 Å². The molecule has 0 radical (unpaired) electrons. The zero-order chi connectivity index (χ0) is 18.8. The molecule has 0 aliphatic heterocycles. The van der Waals surface area contributed by atoms with E-state index < -0.39 is 0 Å². The van der Waals surface area contributed by atoms with E-state index in [4.69, 9.17) is 4.42 Å². The molecule has 0 unspecified atom stereocenters. The molecule has 0 bridgehead atoms. The quantitative estimate of drug-likeness (QED) is 0.755. The first-order valence-corrected chi connectivity index (χ1v) is 9.16. The Hall–Kier alpha value is -3.15. The Bertz CT molecular complexity index is 986. The predicted octanol–water partition coefficient (Wildman–Crippen LogP) is 3.27. The Morgan fingerprint density at radius 1 is 1.26 bits per heavy atom. The van der Waals surface area contributed by atoms with Crippen molar-refractivity contribution in [2.75, 3.05) is 6.54 Å². The zero-order valence-electron chi connectivity index (χ0n) is 15.2. The van der Waals surface area contributed by atoms with Gasteiger partial charge in [0.2, 0.25) is 0 Å². The van der Waals surface area contributed by atoms with Crippen LogP contribution in [0.15, 0.2) is 47.1 Å². The largest absolute Gasteiger partial charge is 0.455 e. The average Bonchev–Trinajstić information content (AvgIpc) is 3.28.